The van der Waals surface area contributed by atoms with Crippen LogP contribution in [-0.4, -0.2) is 10.6 Å². The fourth-order valence-electron chi connectivity index (χ4n) is 1.12. The van der Waals surface area contributed by atoms with Crippen molar-refractivity contribution in [3.8, 4) is 5.88 Å². The van der Waals surface area contributed by atoms with Gasteiger partial charge in [0.2, 0.25) is 5.88 Å². The monoisotopic (exact) mass is 208 g/mol. The maximum Gasteiger partial charge on any atom is 0.214 e. The van der Waals surface area contributed by atoms with E-state index in [9.17, 15) is 0 Å². The number of pyridine rings is 1. The third kappa shape index (κ3) is 3.51. The lowest BCUT2D eigenvalue weighted by Crippen LogP contribution is -2.27. The standard InChI is InChI=1S/C12H20N2O/c1-5-12(3,4)15-11-8-10(9(2)13)6-7-14-11/h6-9H,5,13H2,1-4H3/t9-/m1/s1. The van der Waals surface area contributed by atoms with E-state index in [4.69, 9.17) is 10.5 Å². The van der Waals surface area contributed by atoms with Crippen LogP contribution in [0, 0.1) is 0 Å². The van der Waals surface area contributed by atoms with E-state index in [0.717, 1.165) is 12.0 Å². The molecular formula is C12H20N2O. The molecule has 0 amide bonds. The number of ether oxygens (including phenoxy) is 1. The van der Waals surface area contributed by atoms with E-state index in [1.807, 2.05) is 32.9 Å². The van der Waals surface area contributed by atoms with Gasteiger partial charge >= 0.3 is 0 Å². The highest BCUT2D eigenvalue weighted by Gasteiger charge is 2.17. The fourth-order valence-corrected chi connectivity index (χ4v) is 1.12. The smallest absolute Gasteiger partial charge is 0.214 e. The lowest BCUT2D eigenvalue weighted by molar-refractivity contribution is 0.0989. The molecule has 0 unspecified atom stereocenters. The first-order chi connectivity index (χ1) is 6.94. The van der Waals surface area contributed by atoms with Crippen molar-refractivity contribution in [3.63, 3.8) is 0 Å². The summed E-state index contributed by atoms with van der Waals surface area (Å²) in [5.41, 5.74) is 6.67. The van der Waals surface area contributed by atoms with Crippen LogP contribution in [-0.2, 0) is 0 Å². The van der Waals surface area contributed by atoms with Gasteiger partial charge in [0.05, 0.1) is 0 Å². The summed E-state index contributed by atoms with van der Waals surface area (Å²) < 4.78 is 5.78. The van der Waals surface area contributed by atoms with Gasteiger partial charge in [-0.05, 0) is 38.8 Å². The normalized spacial score (nSPS) is 13.7. The van der Waals surface area contributed by atoms with Crippen molar-refractivity contribution < 1.29 is 4.74 Å². The van der Waals surface area contributed by atoms with E-state index in [1.165, 1.54) is 0 Å². The van der Waals surface area contributed by atoms with Crippen molar-refractivity contribution >= 4 is 0 Å². The lowest BCUT2D eigenvalue weighted by atomic mass is 10.1. The average molecular weight is 208 g/mol. The van der Waals surface area contributed by atoms with Gasteiger partial charge in [-0.25, -0.2) is 4.98 Å². The summed E-state index contributed by atoms with van der Waals surface area (Å²) in [4.78, 5) is 4.18. The summed E-state index contributed by atoms with van der Waals surface area (Å²) >= 11 is 0. The maximum atomic E-state index is 5.80. The molecule has 3 heteroatoms. The Morgan fingerprint density at radius 1 is 1.53 bits per heavy atom. The summed E-state index contributed by atoms with van der Waals surface area (Å²) in [5, 5.41) is 0. The first-order valence-corrected chi connectivity index (χ1v) is 5.35. The minimum atomic E-state index is -0.177. The van der Waals surface area contributed by atoms with Crippen molar-refractivity contribution in [1.29, 1.82) is 0 Å². The highest BCUT2D eigenvalue weighted by molar-refractivity contribution is 5.23. The van der Waals surface area contributed by atoms with Crippen LogP contribution in [0.5, 0.6) is 5.88 Å². The summed E-state index contributed by atoms with van der Waals surface area (Å²) in [6.07, 6.45) is 2.68. The zero-order chi connectivity index (χ0) is 11.5. The Hall–Kier alpha value is -1.09. The largest absolute Gasteiger partial charge is 0.472 e. The lowest BCUT2D eigenvalue weighted by Gasteiger charge is -2.24. The molecule has 0 radical (unpaired) electrons. The molecule has 1 atom stereocenters. The number of nitrogens with two attached hydrogens (primary N) is 1. The molecule has 0 fully saturated rings. The SMILES string of the molecule is CCC(C)(C)Oc1cc([C@@H](C)N)ccn1. The summed E-state index contributed by atoms with van der Waals surface area (Å²) in [5.74, 6) is 0.650. The van der Waals surface area contributed by atoms with Crippen LogP contribution in [0.25, 0.3) is 0 Å². The molecule has 0 saturated heterocycles. The molecule has 1 heterocycles. The van der Waals surface area contributed by atoms with Crippen molar-refractivity contribution in [2.24, 2.45) is 5.73 Å². The Balaban J connectivity index is 2.82. The molecule has 0 aliphatic carbocycles. The molecule has 3 nitrogen and oxygen atoms in total. The van der Waals surface area contributed by atoms with Crippen molar-refractivity contribution in [1.82, 2.24) is 4.98 Å². The first-order valence-electron chi connectivity index (χ1n) is 5.35. The zero-order valence-corrected chi connectivity index (χ0v) is 9.95. The molecule has 0 bridgehead atoms. The van der Waals surface area contributed by atoms with Crippen LogP contribution in [0.4, 0.5) is 0 Å². The molecule has 0 aliphatic rings. The predicted molar refractivity (Wildman–Crippen MR) is 61.8 cm³/mol. The average Bonchev–Trinajstić information content (AvgIpc) is 2.17. The second kappa shape index (κ2) is 4.62. The molecule has 84 valence electrons. The Bertz CT molecular complexity index is 321. The van der Waals surface area contributed by atoms with E-state index in [1.54, 1.807) is 6.20 Å². The van der Waals surface area contributed by atoms with Crippen LogP contribution < -0.4 is 10.5 Å². The van der Waals surface area contributed by atoms with Crippen LogP contribution >= 0.6 is 0 Å². The van der Waals surface area contributed by atoms with Gasteiger partial charge in [0.25, 0.3) is 0 Å². The Kier molecular flexibility index (Phi) is 3.69. The van der Waals surface area contributed by atoms with E-state index in [0.29, 0.717) is 5.88 Å². The van der Waals surface area contributed by atoms with Gasteiger partial charge in [-0.3, -0.25) is 0 Å². The van der Waals surface area contributed by atoms with Crippen molar-refractivity contribution in [2.75, 3.05) is 0 Å². The molecule has 0 spiro atoms. The van der Waals surface area contributed by atoms with Gasteiger partial charge in [-0.2, -0.15) is 0 Å². The van der Waals surface area contributed by atoms with Gasteiger partial charge in [0, 0.05) is 18.3 Å². The molecular weight excluding hydrogens is 188 g/mol. The molecule has 2 N–H and O–H groups in total. The predicted octanol–water partition coefficient (Wildman–Crippen LogP) is 2.67. The van der Waals surface area contributed by atoms with Crippen LogP contribution in [0.1, 0.15) is 45.7 Å². The number of nitrogens with zero attached hydrogens (tertiary/aromatic N) is 1. The minimum absolute atomic E-state index is 0.0140. The van der Waals surface area contributed by atoms with E-state index < -0.39 is 0 Å². The van der Waals surface area contributed by atoms with E-state index in [-0.39, 0.29) is 11.6 Å². The Morgan fingerprint density at radius 2 is 2.20 bits per heavy atom. The van der Waals surface area contributed by atoms with E-state index >= 15 is 0 Å². The highest BCUT2D eigenvalue weighted by atomic mass is 16.5. The topological polar surface area (TPSA) is 48.1 Å². The maximum absolute atomic E-state index is 5.80. The van der Waals surface area contributed by atoms with Crippen LogP contribution in [0.15, 0.2) is 18.3 Å². The first kappa shape index (κ1) is 12.0. The summed E-state index contributed by atoms with van der Waals surface area (Å²) in [6.45, 7) is 8.14. The van der Waals surface area contributed by atoms with Crippen molar-refractivity contribution in [2.45, 2.75) is 45.8 Å². The molecule has 0 aromatic carbocycles. The van der Waals surface area contributed by atoms with Gasteiger partial charge in [-0.1, -0.05) is 6.92 Å². The molecule has 1 aromatic rings. The summed E-state index contributed by atoms with van der Waals surface area (Å²) in [6, 6.07) is 3.83. The highest BCUT2D eigenvalue weighted by Crippen LogP contribution is 2.21. The molecule has 15 heavy (non-hydrogen) atoms. The van der Waals surface area contributed by atoms with Crippen molar-refractivity contribution in [3.05, 3.63) is 23.9 Å². The van der Waals surface area contributed by atoms with Gasteiger partial charge in [0.15, 0.2) is 0 Å². The van der Waals surface area contributed by atoms with Gasteiger partial charge in [0.1, 0.15) is 5.60 Å². The van der Waals surface area contributed by atoms with E-state index in [2.05, 4.69) is 11.9 Å². The third-order valence-electron chi connectivity index (χ3n) is 2.52. The number of rotatable bonds is 4. The van der Waals surface area contributed by atoms with Gasteiger partial charge in [-0.15, -0.1) is 0 Å². The number of hydrogen-bond acceptors (Lipinski definition) is 3. The number of aromatic nitrogens is 1. The van der Waals surface area contributed by atoms with Crippen LogP contribution in [0.3, 0.4) is 0 Å². The number of hydrogen-bond donors (Lipinski definition) is 1. The fraction of sp³-hybridized carbons (Fsp3) is 0.583. The Labute approximate surface area is 91.7 Å². The van der Waals surface area contributed by atoms with Gasteiger partial charge < -0.3 is 10.5 Å². The zero-order valence-electron chi connectivity index (χ0n) is 9.95. The molecule has 1 rings (SSSR count). The summed E-state index contributed by atoms with van der Waals surface area (Å²) in [7, 11) is 0. The second-order valence-electron chi connectivity index (χ2n) is 4.43. The minimum Gasteiger partial charge on any atom is -0.472 e. The quantitative estimate of drug-likeness (QED) is 0.827. The second-order valence-corrected chi connectivity index (χ2v) is 4.43. The molecule has 0 aliphatic heterocycles. The molecule has 0 saturated carbocycles. The third-order valence-corrected chi connectivity index (χ3v) is 2.52. The molecule has 1 aromatic heterocycles. The Morgan fingerprint density at radius 3 is 2.73 bits per heavy atom. The van der Waals surface area contributed by atoms with Crippen LogP contribution in [0.2, 0.25) is 0 Å².